The summed E-state index contributed by atoms with van der Waals surface area (Å²) in [6, 6.07) is 0.319. The van der Waals surface area contributed by atoms with E-state index in [1.165, 1.54) is 26.6 Å². The summed E-state index contributed by atoms with van der Waals surface area (Å²) in [7, 11) is 0. The first-order chi connectivity index (χ1) is 22.1. The third-order valence-electron chi connectivity index (χ3n) is 8.90. The van der Waals surface area contributed by atoms with Crippen LogP contribution in [-0.4, -0.2) is 84.0 Å². The quantitative estimate of drug-likeness (QED) is 0.272. The van der Waals surface area contributed by atoms with Crippen LogP contribution in [0.2, 0.25) is 0 Å². The maximum atomic E-state index is 14.1. The molecule has 2 amide bonds. The summed E-state index contributed by atoms with van der Waals surface area (Å²) in [6.45, 7) is -0.233. The molecule has 18 heteroatoms. The van der Waals surface area contributed by atoms with Gasteiger partial charge in [-0.2, -0.15) is 28.2 Å². The smallest absolute Gasteiger partial charge is 0.349 e. The van der Waals surface area contributed by atoms with Crippen molar-refractivity contribution in [2.75, 3.05) is 19.6 Å². The summed E-state index contributed by atoms with van der Waals surface area (Å²) in [5, 5.41) is 18.2. The minimum atomic E-state index is -4.45. The topological polar surface area (TPSA) is 122 Å². The Morgan fingerprint density at radius 3 is 2.28 bits per heavy atom. The van der Waals surface area contributed by atoms with Gasteiger partial charge in [0.15, 0.2) is 11.3 Å². The van der Waals surface area contributed by atoms with Gasteiger partial charge in [-0.15, -0.1) is 5.10 Å². The van der Waals surface area contributed by atoms with E-state index in [2.05, 4.69) is 30.9 Å². The maximum absolute atomic E-state index is 14.1. The lowest BCUT2D eigenvalue weighted by atomic mass is 9.81. The predicted molar refractivity (Wildman–Crippen MR) is 150 cm³/mol. The summed E-state index contributed by atoms with van der Waals surface area (Å²) in [4.78, 5) is 33.1. The number of nitrogens with zero attached hydrogens (tertiary/aromatic N) is 7. The highest BCUT2D eigenvalue weighted by molar-refractivity contribution is 5.92. The van der Waals surface area contributed by atoms with Gasteiger partial charge in [0.25, 0.3) is 11.8 Å². The van der Waals surface area contributed by atoms with E-state index in [0.717, 1.165) is 12.8 Å². The average Bonchev–Trinajstić information content (AvgIpc) is 3.55. The summed E-state index contributed by atoms with van der Waals surface area (Å²) in [5.41, 5.74) is 1.23. The van der Waals surface area contributed by atoms with Crippen molar-refractivity contribution in [2.45, 2.75) is 88.0 Å². The van der Waals surface area contributed by atoms with E-state index in [4.69, 9.17) is 0 Å². The van der Waals surface area contributed by atoms with E-state index in [1.807, 2.05) is 0 Å². The molecule has 2 unspecified atom stereocenters. The van der Waals surface area contributed by atoms with Crippen molar-refractivity contribution in [3.63, 3.8) is 0 Å². The fraction of sp³-hybridized carbons (Fsp3) is 0.655. The Balaban J connectivity index is 1.18. The Kier molecular flexibility index (Phi) is 8.90. The fourth-order valence-corrected chi connectivity index (χ4v) is 6.18. The zero-order valence-electron chi connectivity index (χ0n) is 25.2. The van der Waals surface area contributed by atoms with Crippen LogP contribution in [-0.2, 0) is 11.3 Å². The Labute approximate surface area is 264 Å². The lowest BCUT2D eigenvalue weighted by Gasteiger charge is -2.38. The van der Waals surface area contributed by atoms with E-state index in [1.54, 1.807) is 12.3 Å². The number of halogens is 7. The van der Waals surface area contributed by atoms with Crippen LogP contribution >= 0.6 is 0 Å². The zero-order valence-corrected chi connectivity index (χ0v) is 25.2. The maximum Gasteiger partial charge on any atom is 0.389 e. The molecule has 0 bridgehead atoms. The van der Waals surface area contributed by atoms with E-state index >= 15 is 0 Å². The van der Waals surface area contributed by atoms with Gasteiger partial charge in [-0.3, -0.25) is 14.5 Å². The number of aromatic nitrogens is 6. The van der Waals surface area contributed by atoms with Crippen LogP contribution in [0.3, 0.4) is 0 Å². The van der Waals surface area contributed by atoms with Crippen LogP contribution in [0.5, 0.6) is 0 Å². The van der Waals surface area contributed by atoms with E-state index in [0.29, 0.717) is 16.9 Å². The predicted octanol–water partition coefficient (Wildman–Crippen LogP) is 4.48. The molecule has 2 atom stereocenters. The molecule has 0 spiro atoms. The molecule has 0 aromatic carbocycles. The fourth-order valence-electron chi connectivity index (χ4n) is 6.18. The van der Waals surface area contributed by atoms with Gasteiger partial charge in [0.1, 0.15) is 0 Å². The molecular formula is C29H34F7N9O2. The second-order valence-corrected chi connectivity index (χ2v) is 12.8. The summed E-state index contributed by atoms with van der Waals surface area (Å²) in [5.74, 6) is -7.21. The number of hydrogen-bond donors (Lipinski definition) is 2. The number of nitrogens with one attached hydrogen (secondary N) is 2. The second-order valence-electron chi connectivity index (χ2n) is 12.8. The number of hydrogen-bond acceptors (Lipinski definition) is 7. The average molecular weight is 674 g/mol. The number of amides is 2. The molecule has 3 aliphatic rings. The van der Waals surface area contributed by atoms with Crippen molar-refractivity contribution in [1.82, 2.24) is 45.1 Å². The highest BCUT2D eigenvalue weighted by atomic mass is 19.4. The van der Waals surface area contributed by atoms with Gasteiger partial charge < -0.3 is 10.6 Å². The Morgan fingerprint density at radius 2 is 1.62 bits per heavy atom. The van der Waals surface area contributed by atoms with E-state index in [-0.39, 0.29) is 63.5 Å². The number of alkyl halides is 7. The summed E-state index contributed by atoms with van der Waals surface area (Å²) >= 11 is 0. The molecule has 0 radical (unpaired) electrons. The summed E-state index contributed by atoms with van der Waals surface area (Å²) in [6.07, 6.45) is -0.969. The molecule has 3 aromatic heterocycles. The number of carbonyl (C=O) groups excluding carboxylic acids is 2. The van der Waals surface area contributed by atoms with Gasteiger partial charge in [-0.25, -0.2) is 27.1 Å². The minimum Gasteiger partial charge on any atom is -0.349 e. The van der Waals surface area contributed by atoms with Crippen LogP contribution in [0.15, 0.2) is 24.7 Å². The Morgan fingerprint density at radius 1 is 0.915 bits per heavy atom. The Bertz CT molecular complexity index is 1590. The van der Waals surface area contributed by atoms with Crippen molar-refractivity contribution in [3.05, 3.63) is 41.6 Å². The van der Waals surface area contributed by atoms with Gasteiger partial charge >= 0.3 is 6.18 Å². The Hall–Kier alpha value is -3.83. The van der Waals surface area contributed by atoms with Gasteiger partial charge in [0.05, 0.1) is 62.4 Å². The first-order valence-electron chi connectivity index (χ1n) is 15.5. The highest BCUT2D eigenvalue weighted by Crippen LogP contribution is 2.43. The van der Waals surface area contributed by atoms with Crippen LogP contribution in [0, 0.1) is 11.8 Å². The summed E-state index contributed by atoms with van der Waals surface area (Å²) < 4.78 is 93.7. The van der Waals surface area contributed by atoms with E-state index < -0.39 is 60.7 Å². The SMILES string of the molecule is O=C(CCC(F)(F)F)NC(c1cnn2cc(C(NC(=O)c3cnn(CCN4CC(F)(F)C4)n3)C3CCC(F)(F)CC3)nc2c1)C1CC1. The van der Waals surface area contributed by atoms with Crippen molar-refractivity contribution in [2.24, 2.45) is 11.8 Å². The molecule has 3 aromatic rings. The number of fused-ring (bicyclic) bond motifs is 1. The number of carbonyl (C=O) groups is 2. The molecule has 11 nitrogen and oxygen atoms in total. The minimum absolute atomic E-state index is 0.0391. The highest BCUT2D eigenvalue weighted by Gasteiger charge is 2.43. The third kappa shape index (κ3) is 8.37. The van der Waals surface area contributed by atoms with Crippen LogP contribution < -0.4 is 10.6 Å². The molecule has 1 aliphatic heterocycles. The van der Waals surface area contributed by atoms with Crippen molar-refractivity contribution in [1.29, 1.82) is 0 Å². The third-order valence-corrected chi connectivity index (χ3v) is 8.90. The molecule has 3 fully saturated rings. The molecule has 4 heterocycles. The van der Waals surface area contributed by atoms with Crippen molar-refractivity contribution >= 4 is 17.5 Å². The van der Waals surface area contributed by atoms with Crippen LogP contribution in [0.4, 0.5) is 30.7 Å². The molecule has 1 saturated heterocycles. The molecule has 2 N–H and O–H groups in total. The number of imidazole rings is 1. The van der Waals surface area contributed by atoms with Gasteiger partial charge in [-0.1, -0.05) is 0 Å². The van der Waals surface area contributed by atoms with Crippen molar-refractivity contribution < 1.29 is 40.3 Å². The standard InChI is InChI=1S/C29H34F7N9O2/c30-27(31)6-3-18(4-7-27)25(41-26(47)20-13-38-45(42-20)10-9-43-15-28(32,33)16-43)21-14-44-22(39-21)11-19(12-37-44)24(17-1-2-17)40-23(46)5-8-29(34,35)36/h11-14,17-18,24-25H,1-10,15-16H2,(H,40,46)(H,41,47). The number of likely N-dealkylation sites (tertiary alicyclic amines) is 1. The molecule has 2 aliphatic carbocycles. The van der Waals surface area contributed by atoms with Gasteiger partial charge in [-0.05, 0) is 49.1 Å². The van der Waals surface area contributed by atoms with E-state index in [9.17, 15) is 40.3 Å². The second kappa shape index (κ2) is 12.6. The van der Waals surface area contributed by atoms with Gasteiger partial charge in [0, 0.05) is 25.8 Å². The number of rotatable bonds is 12. The monoisotopic (exact) mass is 673 g/mol. The molecule has 47 heavy (non-hydrogen) atoms. The first kappa shape index (κ1) is 33.1. The zero-order chi connectivity index (χ0) is 33.6. The lowest BCUT2D eigenvalue weighted by molar-refractivity contribution is -0.144. The molecule has 256 valence electrons. The first-order valence-corrected chi connectivity index (χ1v) is 15.5. The molecule has 6 rings (SSSR count). The van der Waals surface area contributed by atoms with Gasteiger partial charge in [0.2, 0.25) is 11.8 Å². The largest absolute Gasteiger partial charge is 0.389 e. The normalized spacial score (nSPS) is 21.3. The lowest BCUT2D eigenvalue weighted by Crippen LogP contribution is -2.56. The molecular weight excluding hydrogens is 639 g/mol. The van der Waals surface area contributed by atoms with Crippen molar-refractivity contribution in [3.8, 4) is 0 Å². The van der Waals surface area contributed by atoms with Crippen LogP contribution in [0.25, 0.3) is 5.65 Å². The van der Waals surface area contributed by atoms with Crippen LogP contribution in [0.1, 0.15) is 85.2 Å². The molecule has 2 saturated carbocycles.